The normalized spacial score (nSPS) is 10.7. The molecule has 2 N–H and O–H groups in total. The lowest BCUT2D eigenvalue weighted by Gasteiger charge is -2.09. The Morgan fingerprint density at radius 2 is 1.97 bits per heavy atom. The molecule has 8 heteroatoms. The van der Waals surface area contributed by atoms with Crippen LogP contribution in [0.3, 0.4) is 0 Å². The summed E-state index contributed by atoms with van der Waals surface area (Å²) in [4.78, 5) is 17.6. The number of aromatic carboxylic acids is 1. The van der Waals surface area contributed by atoms with Crippen molar-refractivity contribution < 1.29 is 14.3 Å². The Labute approximate surface area is 176 Å². The van der Waals surface area contributed by atoms with E-state index in [2.05, 4.69) is 34.4 Å². The Balaban J connectivity index is 0.00000155. The Bertz CT molecular complexity index is 971. The zero-order valence-electron chi connectivity index (χ0n) is 18.0. The maximum Gasteiger partial charge on any atom is 0.337 e. The van der Waals surface area contributed by atoms with Crippen LogP contribution < -0.4 is 5.32 Å². The van der Waals surface area contributed by atoms with Crippen LogP contribution in [0.5, 0.6) is 0 Å². The fraction of sp³-hybridized carbons (Fsp3) is 0.409. The quantitative estimate of drug-likeness (QED) is 0.490. The number of carboxylic acid groups (broad SMARTS) is 1. The van der Waals surface area contributed by atoms with Gasteiger partial charge in [0.15, 0.2) is 5.82 Å². The zero-order chi connectivity index (χ0) is 22.1. The molecule has 0 unspecified atom stereocenters. The highest BCUT2D eigenvalue weighted by atomic mass is 19.1. The number of anilines is 2. The van der Waals surface area contributed by atoms with Crippen molar-refractivity contribution in [2.75, 3.05) is 26.0 Å². The second-order valence-electron chi connectivity index (χ2n) is 6.95. The van der Waals surface area contributed by atoms with Gasteiger partial charge in [0.25, 0.3) is 0 Å². The van der Waals surface area contributed by atoms with Crippen LogP contribution in [0.15, 0.2) is 36.7 Å². The third kappa shape index (κ3) is 6.00. The molecule has 0 aliphatic rings. The zero-order valence-corrected chi connectivity index (χ0v) is 18.0. The summed E-state index contributed by atoms with van der Waals surface area (Å²) < 4.78 is 15.7. The van der Waals surface area contributed by atoms with Gasteiger partial charge in [-0.25, -0.2) is 9.18 Å². The predicted octanol–water partition coefficient (Wildman–Crippen LogP) is 4.77. The molecule has 2 heterocycles. The number of pyridine rings is 1. The molecule has 2 aromatic heterocycles. The lowest BCUT2D eigenvalue weighted by molar-refractivity contribution is 0.0698. The first-order valence-electron chi connectivity index (χ1n) is 10.2. The monoisotopic (exact) mass is 415 g/mol. The highest BCUT2D eigenvalue weighted by Crippen LogP contribution is 2.28. The van der Waals surface area contributed by atoms with Gasteiger partial charge < -0.3 is 15.3 Å². The van der Waals surface area contributed by atoms with Crippen molar-refractivity contribution in [3.05, 3.63) is 48.0 Å². The van der Waals surface area contributed by atoms with Gasteiger partial charge in [0.05, 0.1) is 23.0 Å². The molecule has 3 rings (SSSR count). The summed E-state index contributed by atoms with van der Waals surface area (Å²) in [6, 6.07) is 5.92. The largest absolute Gasteiger partial charge is 0.478 e. The topological polar surface area (TPSA) is 83.3 Å². The van der Waals surface area contributed by atoms with Gasteiger partial charge in [-0.15, -0.1) is 0 Å². The van der Waals surface area contributed by atoms with Gasteiger partial charge in [0.1, 0.15) is 5.82 Å². The number of aromatic nitrogens is 3. The van der Waals surface area contributed by atoms with Crippen molar-refractivity contribution in [3.63, 3.8) is 0 Å². The number of rotatable bonds is 9. The van der Waals surface area contributed by atoms with Crippen LogP contribution in [-0.2, 0) is 6.54 Å². The minimum absolute atomic E-state index is 0.0813. The lowest BCUT2D eigenvalue weighted by Crippen LogP contribution is -2.13. The maximum atomic E-state index is 13.8. The standard InChI is InChI=1S/C20H24FN5O2.C2H6/c1-25(2)10-4-3-5-11-26-18-7-6-14(21)12-16(18)19(24-26)23-17-13-22-9-8-15(17)20(27)28;1-2/h6-9,12-13H,3-5,10-11H2,1-2H3,(H,23,24)(H,27,28);1-2H3. The molecule has 30 heavy (non-hydrogen) atoms. The Morgan fingerprint density at radius 1 is 1.20 bits per heavy atom. The summed E-state index contributed by atoms with van der Waals surface area (Å²) in [6.45, 7) is 5.74. The van der Waals surface area contributed by atoms with Crippen LogP contribution in [0.2, 0.25) is 0 Å². The van der Waals surface area contributed by atoms with Gasteiger partial charge in [-0.2, -0.15) is 5.10 Å². The van der Waals surface area contributed by atoms with E-state index in [0.29, 0.717) is 23.4 Å². The molecule has 0 aliphatic heterocycles. The summed E-state index contributed by atoms with van der Waals surface area (Å²) >= 11 is 0. The van der Waals surface area contributed by atoms with Crippen LogP contribution in [0.4, 0.5) is 15.9 Å². The number of nitrogens with zero attached hydrogens (tertiary/aromatic N) is 4. The number of halogens is 1. The van der Waals surface area contributed by atoms with E-state index in [1.807, 2.05) is 18.5 Å². The summed E-state index contributed by atoms with van der Waals surface area (Å²) in [6.07, 6.45) is 5.96. The van der Waals surface area contributed by atoms with Gasteiger partial charge in [-0.1, -0.05) is 20.3 Å². The third-order valence-electron chi connectivity index (χ3n) is 4.49. The number of hydrogen-bond acceptors (Lipinski definition) is 5. The van der Waals surface area contributed by atoms with E-state index in [-0.39, 0.29) is 11.4 Å². The van der Waals surface area contributed by atoms with E-state index in [1.54, 1.807) is 6.07 Å². The Morgan fingerprint density at radius 3 is 2.67 bits per heavy atom. The Kier molecular flexibility index (Phi) is 8.73. The molecule has 7 nitrogen and oxygen atoms in total. The smallest absolute Gasteiger partial charge is 0.337 e. The summed E-state index contributed by atoms with van der Waals surface area (Å²) in [5.41, 5.74) is 1.20. The van der Waals surface area contributed by atoms with E-state index in [4.69, 9.17) is 0 Å². The number of fused-ring (bicyclic) bond motifs is 1. The average Bonchev–Trinajstić information content (AvgIpc) is 3.06. The first kappa shape index (κ1) is 23.3. The molecule has 0 fully saturated rings. The lowest BCUT2D eigenvalue weighted by atomic mass is 10.2. The van der Waals surface area contributed by atoms with Crippen LogP contribution in [-0.4, -0.2) is 51.4 Å². The number of nitrogens with one attached hydrogen (secondary N) is 1. The molecular formula is C22H30FN5O2. The van der Waals surface area contributed by atoms with Crippen LogP contribution >= 0.6 is 0 Å². The van der Waals surface area contributed by atoms with Gasteiger partial charge in [0.2, 0.25) is 0 Å². The minimum Gasteiger partial charge on any atom is -0.478 e. The van der Waals surface area contributed by atoms with Crippen molar-refractivity contribution in [1.82, 2.24) is 19.7 Å². The first-order chi connectivity index (χ1) is 14.5. The Hall–Kier alpha value is -3.00. The van der Waals surface area contributed by atoms with Crippen LogP contribution in [0.25, 0.3) is 10.9 Å². The summed E-state index contributed by atoms with van der Waals surface area (Å²) in [7, 11) is 4.11. The van der Waals surface area contributed by atoms with Gasteiger partial charge in [-0.3, -0.25) is 9.67 Å². The molecule has 0 aliphatic carbocycles. The fourth-order valence-corrected chi connectivity index (χ4v) is 3.09. The molecule has 0 atom stereocenters. The van der Waals surface area contributed by atoms with Gasteiger partial charge >= 0.3 is 5.97 Å². The highest BCUT2D eigenvalue weighted by molar-refractivity contribution is 5.97. The first-order valence-corrected chi connectivity index (χ1v) is 10.2. The molecule has 0 saturated heterocycles. The second-order valence-corrected chi connectivity index (χ2v) is 6.95. The van der Waals surface area contributed by atoms with Crippen LogP contribution in [0.1, 0.15) is 43.5 Å². The number of carboxylic acids is 1. The molecule has 162 valence electrons. The maximum absolute atomic E-state index is 13.8. The van der Waals surface area contributed by atoms with Crippen molar-refractivity contribution in [2.45, 2.75) is 39.7 Å². The van der Waals surface area contributed by atoms with E-state index in [9.17, 15) is 14.3 Å². The van der Waals surface area contributed by atoms with E-state index in [0.717, 1.165) is 31.3 Å². The van der Waals surface area contributed by atoms with Crippen LogP contribution in [0, 0.1) is 5.82 Å². The summed E-state index contributed by atoms with van der Waals surface area (Å²) in [5, 5.41) is 17.5. The predicted molar refractivity (Wildman–Crippen MR) is 118 cm³/mol. The highest BCUT2D eigenvalue weighted by Gasteiger charge is 2.15. The number of carbonyl (C=O) groups is 1. The average molecular weight is 416 g/mol. The molecule has 0 spiro atoms. The minimum atomic E-state index is -1.07. The second kappa shape index (κ2) is 11.3. The van der Waals surface area contributed by atoms with E-state index < -0.39 is 5.97 Å². The third-order valence-corrected chi connectivity index (χ3v) is 4.49. The number of aryl methyl sites for hydroxylation is 1. The SMILES string of the molecule is CC.CN(C)CCCCCn1nc(Nc2cnccc2C(=O)O)c2cc(F)ccc21. The van der Waals surface area contributed by atoms with Gasteiger partial charge in [0, 0.05) is 18.1 Å². The molecule has 3 aromatic rings. The summed E-state index contributed by atoms with van der Waals surface area (Å²) in [5.74, 6) is -1.02. The molecule has 0 saturated carbocycles. The van der Waals surface area contributed by atoms with E-state index in [1.165, 1.54) is 30.6 Å². The fourth-order valence-electron chi connectivity index (χ4n) is 3.09. The van der Waals surface area contributed by atoms with Crippen molar-refractivity contribution >= 4 is 28.4 Å². The molecule has 0 bridgehead atoms. The van der Waals surface area contributed by atoms with Gasteiger partial charge in [-0.05, 0) is 57.7 Å². The van der Waals surface area contributed by atoms with Crippen molar-refractivity contribution in [1.29, 1.82) is 0 Å². The number of unbranched alkanes of at least 4 members (excludes halogenated alkanes) is 2. The van der Waals surface area contributed by atoms with Crippen molar-refractivity contribution in [2.24, 2.45) is 0 Å². The number of benzene rings is 1. The van der Waals surface area contributed by atoms with Crippen molar-refractivity contribution in [3.8, 4) is 0 Å². The number of hydrogen-bond donors (Lipinski definition) is 2. The molecular weight excluding hydrogens is 385 g/mol. The molecule has 1 aromatic carbocycles. The molecule has 0 amide bonds. The van der Waals surface area contributed by atoms with E-state index >= 15 is 0 Å². The molecule has 0 radical (unpaired) electrons.